The van der Waals surface area contributed by atoms with E-state index in [9.17, 15) is 9.59 Å². The molecule has 0 atom stereocenters. The third-order valence-corrected chi connectivity index (χ3v) is 4.61. The van der Waals surface area contributed by atoms with Gasteiger partial charge in [-0.3, -0.25) is 4.79 Å². The number of hydrogen-bond acceptors (Lipinski definition) is 4. The molecule has 0 bridgehead atoms. The third kappa shape index (κ3) is 3.04. The molecular formula is C19H23N3O3. The van der Waals surface area contributed by atoms with Crippen LogP contribution in [0.25, 0.3) is 5.69 Å². The molecule has 0 saturated carbocycles. The second-order valence-electron chi connectivity index (χ2n) is 6.90. The second kappa shape index (κ2) is 6.35. The Kier molecular flexibility index (Phi) is 4.37. The van der Waals surface area contributed by atoms with Crippen LogP contribution < -0.4 is 5.32 Å². The van der Waals surface area contributed by atoms with E-state index in [1.54, 1.807) is 13.8 Å². The van der Waals surface area contributed by atoms with Gasteiger partial charge in [0, 0.05) is 11.3 Å². The van der Waals surface area contributed by atoms with Crippen LogP contribution in [-0.2, 0) is 22.4 Å². The lowest BCUT2D eigenvalue weighted by Gasteiger charge is -2.22. The quantitative estimate of drug-likeness (QED) is 0.867. The predicted octanol–water partition coefficient (Wildman–Crippen LogP) is 2.35. The van der Waals surface area contributed by atoms with Crippen LogP contribution in [0.1, 0.15) is 47.6 Å². The number of fused-ring (bicyclic) bond motifs is 1. The molecule has 1 aliphatic carbocycles. The fourth-order valence-electron chi connectivity index (χ4n) is 3.27. The molecule has 0 fully saturated rings. The number of methoxy groups -OCH3 is 1. The highest BCUT2D eigenvalue weighted by Gasteiger charge is 2.34. The molecule has 1 amide bonds. The normalized spacial score (nSPS) is 13.4. The summed E-state index contributed by atoms with van der Waals surface area (Å²) < 4.78 is 6.63. The Labute approximate surface area is 147 Å². The van der Waals surface area contributed by atoms with Crippen LogP contribution in [0.4, 0.5) is 0 Å². The van der Waals surface area contributed by atoms with Crippen molar-refractivity contribution in [1.82, 2.24) is 15.1 Å². The van der Waals surface area contributed by atoms with Gasteiger partial charge in [0.15, 0.2) is 5.69 Å². The minimum Gasteiger partial charge on any atom is -0.467 e. The molecule has 1 N–H and O–H groups in total. The number of nitrogens with one attached hydrogen (secondary N) is 1. The number of carbonyl (C=O) groups is 2. The molecule has 6 heteroatoms. The lowest BCUT2D eigenvalue weighted by molar-refractivity contribution is -0.146. The minimum absolute atomic E-state index is 0.346. The summed E-state index contributed by atoms with van der Waals surface area (Å²) >= 11 is 0. The molecule has 1 aromatic heterocycles. The maximum Gasteiger partial charge on any atom is 0.330 e. The van der Waals surface area contributed by atoms with E-state index < -0.39 is 11.5 Å². The van der Waals surface area contributed by atoms with Gasteiger partial charge in [-0.15, -0.1) is 0 Å². The topological polar surface area (TPSA) is 73.2 Å². The van der Waals surface area contributed by atoms with E-state index in [4.69, 9.17) is 4.74 Å². The monoisotopic (exact) mass is 341 g/mol. The molecule has 3 rings (SSSR count). The average Bonchev–Trinajstić information content (AvgIpc) is 3.16. The molecule has 1 aliphatic rings. The summed E-state index contributed by atoms with van der Waals surface area (Å²) in [5, 5.41) is 7.33. The molecule has 0 unspecified atom stereocenters. The molecule has 132 valence electrons. The van der Waals surface area contributed by atoms with Crippen molar-refractivity contribution in [3.8, 4) is 5.69 Å². The largest absolute Gasteiger partial charge is 0.467 e. The number of benzene rings is 1. The zero-order valence-corrected chi connectivity index (χ0v) is 15.0. The highest BCUT2D eigenvalue weighted by molar-refractivity contribution is 5.98. The number of aromatic nitrogens is 2. The van der Waals surface area contributed by atoms with Crippen molar-refractivity contribution in [3.63, 3.8) is 0 Å². The molecule has 0 radical (unpaired) electrons. The van der Waals surface area contributed by atoms with Crippen LogP contribution in [0.2, 0.25) is 0 Å². The van der Waals surface area contributed by atoms with Gasteiger partial charge < -0.3 is 10.1 Å². The lowest BCUT2D eigenvalue weighted by atomic mass is 10.1. The van der Waals surface area contributed by atoms with Gasteiger partial charge in [-0.05, 0) is 51.7 Å². The number of ether oxygens (including phenoxy) is 1. The molecule has 0 saturated heterocycles. The number of aryl methyl sites for hydroxylation is 1. The van der Waals surface area contributed by atoms with Crippen LogP contribution in [0.5, 0.6) is 0 Å². The highest BCUT2D eigenvalue weighted by atomic mass is 16.5. The fourth-order valence-corrected chi connectivity index (χ4v) is 3.27. The first-order valence-electron chi connectivity index (χ1n) is 8.43. The first kappa shape index (κ1) is 17.2. The first-order chi connectivity index (χ1) is 11.8. The summed E-state index contributed by atoms with van der Waals surface area (Å²) in [5.74, 6) is -0.836. The van der Waals surface area contributed by atoms with Crippen molar-refractivity contribution < 1.29 is 14.3 Å². The van der Waals surface area contributed by atoms with Gasteiger partial charge in [-0.1, -0.05) is 18.2 Å². The molecule has 6 nitrogen and oxygen atoms in total. The van der Waals surface area contributed by atoms with Gasteiger partial charge in [0.2, 0.25) is 0 Å². The molecule has 1 aromatic carbocycles. The number of carbonyl (C=O) groups excluding carboxylic acids is 2. The standard InChI is InChI=1S/C19H23N3O3/c1-12-8-5-6-10-14(12)22-15-11-7-9-13(15)16(21-22)17(23)20-19(2,3)18(24)25-4/h5-6,8,10H,7,9,11H2,1-4H3,(H,20,23). The van der Waals surface area contributed by atoms with E-state index in [0.29, 0.717) is 5.69 Å². The van der Waals surface area contributed by atoms with Crippen LogP contribution >= 0.6 is 0 Å². The Morgan fingerprint density at radius 1 is 1.24 bits per heavy atom. The summed E-state index contributed by atoms with van der Waals surface area (Å²) in [6.07, 6.45) is 2.71. The van der Waals surface area contributed by atoms with Gasteiger partial charge >= 0.3 is 5.97 Å². The minimum atomic E-state index is -1.11. The highest BCUT2D eigenvalue weighted by Crippen LogP contribution is 2.29. The predicted molar refractivity (Wildman–Crippen MR) is 93.9 cm³/mol. The summed E-state index contributed by atoms with van der Waals surface area (Å²) in [7, 11) is 1.31. The van der Waals surface area contributed by atoms with Crippen molar-refractivity contribution in [1.29, 1.82) is 0 Å². The van der Waals surface area contributed by atoms with Gasteiger partial charge in [-0.25, -0.2) is 9.48 Å². The van der Waals surface area contributed by atoms with Crippen molar-refractivity contribution in [2.24, 2.45) is 0 Å². The molecule has 0 aliphatic heterocycles. The van der Waals surface area contributed by atoms with Crippen molar-refractivity contribution in [2.45, 2.75) is 45.6 Å². The number of para-hydroxylation sites is 1. The van der Waals surface area contributed by atoms with Crippen LogP contribution in [0.15, 0.2) is 24.3 Å². The third-order valence-electron chi connectivity index (χ3n) is 4.61. The van der Waals surface area contributed by atoms with Crippen molar-refractivity contribution >= 4 is 11.9 Å². The second-order valence-corrected chi connectivity index (χ2v) is 6.90. The van der Waals surface area contributed by atoms with E-state index in [0.717, 1.165) is 41.8 Å². The number of hydrogen-bond donors (Lipinski definition) is 1. The Morgan fingerprint density at radius 2 is 1.96 bits per heavy atom. The smallest absolute Gasteiger partial charge is 0.330 e. The molecule has 0 spiro atoms. The van der Waals surface area contributed by atoms with Gasteiger partial charge in [0.05, 0.1) is 12.8 Å². The Balaban J connectivity index is 1.99. The van der Waals surface area contributed by atoms with Crippen molar-refractivity contribution in [3.05, 3.63) is 46.8 Å². The van der Waals surface area contributed by atoms with Crippen LogP contribution in [-0.4, -0.2) is 34.3 Å². The van der Waals surface area contributed by atoms with E-state index in [2.05, 4.69) is 10.4 Å². The Bertz CT molecular complexity index is 836. The molecule has 2 aromatic rings. The van der Waals surface area contributed by atoms with E-state index in [1.165, 1.54) is 7.11 Å². The van der Waals surface area contributed by atoms with E-state index in [1.807, 2.05) is 35.9 Å². The Morgan fingerprint density at radius 3 is 2.64 bits per heavy atom. The summed E-state index contributed by atoms with van der Waals surface area (Å²) in [4.78, 5) is 24.6. The summed E-state index contributed by atoms with van der Waals surface area (Å²) in [5.41, 5.74) is 3.42. The van der Waals surface area contributed by atoms with Crippen LogP contribution in [0, 0.1) is 6.92 Å². The first-order valence-corrected chi connectivity index (χ1v) is 8.43. The Hall–Kier alpha value is -2.63. The average molecular weight is 341 g/mol. The van der Waals surface area contributed by atoms with E-state index in [-0.39, 0.29) is 5.91 Å². The SMILES string of the molecule is COC(=O)C(C)(C)NC(=O)c1nn(-c2ccccc2C)c2c1CCC2. The number of nitrogens with zero attached hydrogens (tertiary/aromatic N) is 2. The summed E-state index contributed by atoms with van der Waals surface area (Å²) in [6.45, 7) is 5.27. The van der Waals surface area contributed by atoms with Gasteiger partial charge in [0.25, 0.3) is 5.91 Å². The van der Waals surface area contributed by atoms with Crippen molar-refractivity contribution in [2.75, 3.05) is 7.11 Å². The number of rotatable bonds is 4. The number of esters is 1. The van der Waals surface area contributed by atoms with Gasteiger partial charge in [0.1, 0.15) is 5.54 Å². The molecular weight excluding hydrogens is 318 g/mol. The van der Waals surface area contributed by atoms with E-state index >= 15 is 0 Å². The lowest BCUT2D eigenvalue weighted by Crippen LogP contribution is -2.50. The maximum atomic E-state index is 12.8. The molecule has 25 heavy (non-hydrogen) atoms. The number of amides is 1. The van der Waals surface area contributed by atoms with Gasteiger partial charge in [-0.2, -0.15) is 5.10 Å². The maximum absolute atomic E-state index is 12.8. The zero-order valence-electron chi connectivity index (χ0n) is 15.0. The zero-order chi connectivity index (χ0) is 18.2. The summed E-state index contributed by atoms with van der Waals surface area (Å²) in [6, 6.07) is 7.97. The molecule has 1 heterocycles. The fraction of sp³-hybridized carbons (Fsp3) is 0.421. The van der Waals surface area contributed by atoms with Crippen LogP contribution in [0.3, 0.4) is 0 Å².